The molecule has 1 aliphatic heterocycles. The van der Waals surface area contributed by atoms with Crippen molar-refractivity contribution >= 4 is 11.6 Å². The summed E-state index contributed by atoms with van der Waals surface area (Å²) in [6.07, 6.45) is 1.77. The first-order chi connectivity index (χ1) is 13.0. The Hall–Kier alpha value is -3.29. The van der Waals surface area contributed by atoms with Gasteiger partial charge in [-0.25, -0.2) is 4.79 Å². The first-order valence-corrected chi connectivity index (χ1v) is 8.85. The van der Waals surface area contributed by atoms with E-state index in [4.69, 9.17) is 4.74 Å². The molecule has 0 amide bonds. The lowest BCUT2D eigenvalue weighted by molar-refractivity contribution is -0.116. The van der Waals surface area contributed by atoms with Gasteiger partial charge in [0.15, 0.2) is 17.3 Å². The van der Waals surface area contributed by atoms with Gasteiger partial charge in [-0.2, -0.15) is 0 Å². The summed E-state index contributed by atoms with van der Waals surface area (Å²) in [5.74, 6) is -0.121. The van der Waals surface area contributed by atoms with Gasteiger partial charge in [-0.05, 0) is 37.5 Å². The Morgan fingerprint density at radius 3 is 2.78 bits per heavy atom. The predicted molar refractivity (Wildman–Crippen MR) is 98.3 cm³/mol. The molecular formula is C19H19N3O5. The van der Waals surface area contributed by atoms with Crippen molar-refractivity contribution in [3.63, 3.8) is 0 Å². The van der Waals surface area contributed by atoms with Crippen LogP contribution in [0.2, 0.25) is 0 Å². The van der Waals surface area contributed by atoms with Gasteiger partial charge in [0, 0.05) is 23.6 Å². The topological polar surface area (TPSA) is 124 Å². The Morgan fingerprint density at radius 2 is 2.00 bits per heavy atom. The van der Waals surface area contributed by atoms with Crippen LogP contribution in [-0.2, 0) is 4.79 Å². The third kappa shape index (κ3) is 2.83. The summed E-state index contributed by atoms with van der Waals surface area (Å²) in [5, 5.41) is 13.1. The average molecular weight is 369 g/mol. The van der Waals surface area contributed by atoms with E-state index in [9.17, 15) is 19.5 Å². The Kier molecular flexibility index (Phi) is 4.10. The van der Waals surface area contributed by atoms with E-state index in [0.717, 1.165) is 5.70 Å². The number of ketones is 1. The Balaban J connectivity index is 1.98. The average Bonchev–Trinajstić information content (AvgIpc) is 2.62. The number of H-pyrrole nitrogens is 2. The minimum absolute atomic E-state index is 0.0192. The van der Waals surface area contributed by atoms with Gasteiger partial charge in [0.1, 0.15) is 5.82 Å². The lowest BCUT2D eigenvalue weighted by Gasteiger charge is -2.32. The Morgan fingerprint density at radius 1 is 1.19 bits per heavy atom. The molecule has 0 bridgehead atoms. The number of hydrogen-bond donors (Lipinski definition) is 4. The maximum Gasteiger partial charge on any atom is 0.327 e. The van der Waals surface area contributed by atoms with E-state index in [1.54, 1.807) is 19.1 Å². The van der Waals surface area contributed by atoms with E-state index in [-0.39, 0.29) is 22.8 Å². The van der Waals surface area contributed by atoms with E-state index in [1.165, 1.54) is 6.07 Å². The van der Waals surface area contributed by atoms with E-state index in [0.29, 0.717) is 42.8 Å². The van der Waals surface area contributed by atoms with Gasteiger partial charge >= 0.3 is 5.69 Å². The van der Waals surface area contributed by atoms with Gasteiger partial charge in [-0.1, -0.05) is 6.07 Å². The van der Waals surface area contributed by atoms with E-state index in [1.807, 2.05) is 0 Å². The maximum absolute atomic E-state index is 12.7. The summed E-state index contributed by atoms with van der Waals surface area (Å²) in [5.41, 5.74) is 0.991. The normalized spacial score (nSPS) is 18.6. The fourth-order valence-corrected chi connectivity index (χ4v) is 3.81. The molecule has 1 aromatic carbocycles. The second-order valence-electron chi connectivity index (χ2n) is 6.58. The molecule has 0 fully saturated rings. The molecule has 8 heteroatoms. The Bertz CT molecular complexity index is 1080. The van der Waals surface area contributed by atoms with Crippen LogP contribution in [0.25, 0.3) is 0 Å². The van der Waals surface area contributed by atoms with E-state index in [2.05, 4.69) is 15.3 Å². The number of carbonyl (C=O) groups is 1. The molecule has 8 nitrogen and oxygen atoms in total. The van der Waals surface area contributed by atoms with Crippen LogP contribution >= 0.6 is 0 Å². The van der Waals surface area contributed by atoms with Gasteiger partial charge < -0.3 is 15.2 Å². The van der Waals surface area contributed by atoms with Crippen molar-refractivity contribution in [2.24, 2.45) is 0 Å². The van der Waals surface area contributed by atoms with E-state index >= 15 is 0 Å². The Labute approximate surface area is 153 Å². The summed E-state index contributed by atoms with van der Waals surface area (Å²) < 4.78 is 5.46. The van der Waals surface area contributed by atoms with Crippen molar-refractivity contribution in [3.05, 3.63) is 61.4 Å². The van der Waals surface area contributed by atoms with Gasteiger partial charge in [-0.3, -0.25) is 19.6 Å². The van der Waals surface area contributed by atoms with Crippen LogP contribution in [0.3, 0.4) is 0 Å². The highest BCUT2D eigenvalue weighted by Gasteiger charge is 2.37. The minimum atomic E-state index is -0.649. The summed E-state index contributed by atoms with van der Waals surface area (Å²) in [6.45, 7) is 2.16. The van der Waals surface area contributed by atoms with Crippen molar-refractivity contribution < 1.29 is 14.6 Å². The molecule has 140 valence electrons. The number of rotatable bonds is 3. The molecule has 2 aromatic rings. The number of phenols is 1. The predicted octanol–water partition coefficient (Wildman–Crippen LogP) is 1.73. The third-order valence-corrected chi connectivity index (χ3v) is 4.91. The van der Waals surface area contributed by atoms with Crippen molar-refractivity contribution in [2.75, 3.05) is 11.9 Å². The number of benzene rings is 1. The van der Waals surface area contributed by atoms with Crippen LogP contribution in [0, 0.1) is 0 Å². The molecule has 2 aliphatic rings. The molecule has 4 rings (SSSR count). The SMILES string of the molecule is CCOc1cc([C@@H]2C3=C(CCCC3=O)Nc3[nH]c(=O)[nH]c(=O)c32)ccc1O. The molecule has 2 heterocycles. The summed E-state index contributed by atoms with van der Waals surface area (Å²) in [6, 6.07) is 4.78. The molecule has 0 saturated heterocycles. The third-order valence-electron chi connectivity index (χ3n) is 4.91. The first-order valence-electron chi connectivity index (χ1n) is 8.85. The van der Waals surface area contributed by atoms with Crippen molar-refractivity contribution in [1.82, 2.24) is 9.97 Å². The number of anilines is 1. The molecular weight excluding hydrogens is 350 g/mol. The van der Waals surface area contributed by atoms with Crippen LogP contribution in [0.1, 0.15) is 43.2 Å². The molecule has 0 radical (unpaired) electrons. The molecule has 0 saturated carbocycles. The number of aromatic nitrogens is 2. The second-order valence-corrected chi connectivity index (χ2v) is 6.58. The molecule has 0 spiro atoms. The fraction of sp³-hybridized carbons (Fsp3) is 0.316. The zero-order chi connectivity index (χ0) is 19.1. The van der Waals surface area contributed by atoms with Crippen LogP contribution in [0.5, 0.6) is 11.5 Å². The standard InChI is InChI=1S/C19H19N3O5/c1-2-27-13-8-9(6-7-11(13)23)14-15-10(4-3-5-12(15)24)20-17-16(14)18(25)22-19(26)21-17/h6-8,14,23H,2-5H2,1H3,(H3,20,21,22,25,26)/t14-/m1/s1. The largest absolute Gasteiger partial charge is 0.504 e. The first kappa shape index (κ1) is 17.1. The van der Waals surface area contributed by atoms with Crippen molar-refractivity contribution in [2.45, 2.75) is 32.1 Å². The highest BCUT2D eigenvalue weighted by atomic mass is 16.5. The molecule has 1 aromatic heterocycles. The molecule has 1 aliphatic carbocycles. The van der Waals surface area contributed by atoms with Gasteiger partial charge in [0.2, 0.25) is 0 Å². The quantitative estimate of drug-likeness (QED) is 0.653. The molecule has 1 atom stereocenters. The minimum Gasteiger partial charge on any atom is -0.504 e. The smallest absolute Gasteiger partial charge is 0.327 e. The number of aromatic hydroxyl groups is 1. The van der Waals surface area contributed by atoms with Gasteiger partial charge in [-0.15, -0.1) is 0 Å². The molecule has 27 heavy (non-hydrogen) atoms. The number of carbonyl (C=O) groups excluding carboxylic acids is 1. The number of ether oxygens (including phenoxy) is 1. The van der Waals surface area contributed by atoms with Gasteiger partial charge in [0.25, 0.3) is 5.56 Å². The number of fused-ring (bicyclic) bond motifs is 1. The summed E-state index contributed by atoms with van der Waals surface area (Å²) in [7, 11) is 0. The fourth-order valence-electron chi connectivity index (χ4n) is 3.81. The lowest BCUT2D eigenvalue weighted by Crippen LogP contribution is -2.36. The van der Waals surface area contributed by atoms with Crippen molar-refractivity contribution in [1.29, 1.82) is 0 Å². The zero-order valence-electron chi connectivity index (χ0n) is 14.7. The monoisotopic (exact) mass is 369 g/mol. The van der Waals surface area contributed by atoms with Crippen molar-refractivity contribution in [3.8, 4) is 11.5 Å². The van der Waals surface area contributed by atoms with Gasteiger partial charge in [0.05, 0.1) is 12.2 Å². The number of nitrogens with one attached hydrogen (secondary N) is 3. The number of aromatic amines is 2. The molecule has 4 N–H and O–H groups in total. The maximum atomic E-state index is 12.7. The number of phenolic OH excluding ortho intramolecular Hbond substituents is 1. The second kappa shape index (κ2) is 6.46. The number of hydrogen-bond acceptors (Lipinski definition) is 6. The zero-order valence-corrected chi connectivity index (χ0v) is 14.7. The lowest BCUT2D eigenvalue weighted by atomic mass is 9.76. The number of Topliss-reactive ketones (excluding diaryl/α,β-unsaturated/α-hetero) is 1. The van der Waals surface area contributed by atoms with Crippen LogP contribution in [0.4, 0.5) is 5.82 Å². The summed E-state index contributed by atoms with van der Waals surface area (Å²) >= 11 is 0. The van der Waals surface area contributed by atoms with Crippen LogP contribution < -0.4 is 21.3 Å². The van der Waals surface area contributed by atoms with Crippen LogP contribution in [0.15, 0.2) is 39.1 Å². The highest BCUT2D eigenvalue weighted by Crippen LogP contribution is 2.44. The summed E-state index contributed by atoms with van der Waals surface area (Å²) in [4.78, 5) is 41.9. The molecule has 0 unspecified atom stereocenters. The van der Waals surface area contributed by atoms with Crippen LogP contribution in [-0.4, -0.2) is 27.5 Å². The highest BCUT2D eigenvalue weighted by molar-refractivity contribution is 6.00. The number of allylic oxidation sites excluding steroid dienone is 2. The van der Waals surface area contributed by atoms with E-state index < -0.39 is 17.2 Å².